The van der Waals surface area contributed by atoms with Crippen LogP contribution in [0.25, 0.3) is 17.0 Å². The number of hydrogen-bond acceptors (Lipinski definition) is 14. The number of ether oxygens (including phenoxy) is 6. The molecule has 58 heavy (non-hydrogen) atoms. The van der Waals surface area contributed by atoms with Crippen LogP contribution in [0.2, 0.25) is 0 Å². The molecule has 3 aliphatic heterocycles. The van der Waals surface area contributed by atoms with Crippen molar-refractivity contribution in [2.24, 2.45) is 23.7 Å². The Bertz CT molecular complexity index is 1870. The monoisotopic (exact) mass is 809 g/mol. The normalized spacial score (nSPS) is 36.5. The quantitative estimate of drug-likeness (QED) is 0.200. The van der Waals surface area contributed by atoms with Gasteiger partial charge in [0.2, 0.25) is 0 Å². The lowest BCUT2D eigenvalue weighted by Gasteiger charge is -2.46. The second-order valence-electron chi connectivity index (χ2n) is 16.7. The number of benzene rings is 1. The van der Waals surface area contributed by atoms with Gasteiger partial charge in [-0.05, 0) is 90.9 Å². The summed E-state index contributed by atoms with van der Waals surface area (Å²) in [5, 5.41) is 15.2. The molecular formula is C43H59N3O12. The molecule has 3 saturated heterocycles. The van der Waals surface area contributed by atoms with Gasteiger partial charge in [0.25, 0.3) is 0 Å². The maximum Gasteiger partial charge on any atom is 0.509 e. The molecule has 15 nitrogen and oxygen atoms in total. The van der Waals surface area contributed by atoms with E-state index in [1.165, 1.54) is 20.8 Å². The van der Waals surface area contributed by atoms with Crippen molar-refractivity contribution < 1.29 is 57.5 Å². The minimum atomic E-state index is -1.80. The molecule has 0 unspecified atom stereocenters. The number of ketones is 2. The van der Waals surface area contributed by atoms with Crippen LogP contribution < -0.4 is 5.32 Å². The van der Waals surface area contributed by atoms with E-state index in [9.17, 15) is 29.1 Å². The van der Waals surface area contributed by atoms with Gasteiger partial charge < -0.3 is 43.7 Å². The van der Waals surface area contributed by atoms with Crippen molar-refractivity contribution in [3.8, 4) is 0 Å². The third-order valence-electron chi connectivity index (χ3n) is 12.0. The molecule has 1 amide bonds. The zero-order valence-corrected chi connectivity index (χ0v) is 35.1. The smallest absolute Gasteiger partial charge is 0.458 e. The van der Waals surface area contributed by atoms with E-state index in [1.807, 2.05) is 56.3 Å². The summed E-state index contributed by atoms with van der Waals surface area (Å²) >= 11 is 0. The summed E-state index contributed by atoms with van der Waals surface area (Å²) in [6, 6.07) is 8.20. The zero-order chi connectivity index (χ0) is 42.7. The van der Waals surface area contributed by atoms with Gasteiger partial charge in [-0.2, -0.15) is 0 Å². The molecule has 1 aromatic carbocycles. The molecule has 3 fully saturated rings. The number of aliphatic hydroxyl groups is 1. The first kappa shape index (κ1) is 44.7. The third kappa shape index (κ3) is 9.54. The summed E-state index contributed by atoms with van der Waals surface area (Å²) < 4.78 is 36.0. The van der Waals surface area contributed by atoms with Crippen molar-refractivity contribution in [1.29, 1.82) is 0 Å². The molecule has 2 aromatic rings. The number of rotatable bonds is 8. The first-order valence-electron chi connectivity index (χ1n) is 20.1. The number of aliphatic hydroxyl groups excluding tert-OH is 1. The highest BCUT2D eigenvalue weighted by Gasteiger charge is 2.57. The third-order valence-corrected chi connectivity index (χ3v) is 12.0. The average Bonchev–Trinajstić information content (AvgIpc) is 3.50. The van der Waals surface area contributed by atoms with E-state index < -0.39 is 89.5 Å². The Morgan fingerprint density at radius 2 is 1.78 bits per heavy atom. The fraction of sp³-hybridized carbons (Fsp3) is 0.628. The van der Waals surface area contributed by atoms with E-state index >= 15 is 0 Å². The summed E-state index contributed by atoms with van der Waals surface area (Å²) in [7, 11) is 3.64. The molecule has 0 bridgehead atoms. The number of Topliss-reactive ketones (excluding diaryl/α,β-unsaturated/α-hetero) is 2. The molecule has 13 atom stereocenters. The van der Waals surface area contributed by atoms with Gasteiger partial charge in [-0.25, -0.2) is 9.59 Å². The highest BCUT2D eigenvalue weighted by atomic mass is 16.8. The summed E-state index contributed by atoms with van der Waals surface area (Å²) in [5.74, 6) is -6.07. The van der Waals surface area contributed by atoms with Crippen LogP contribution in [0, 0.1) is 23.7 Å². The van der Waals surface area contributed by atoms with Crippen molar-refractivity contribution in [3.63, 3.8) is 0 Å². The minimum Gasteiger partial charge on any atom is -0.458 e. The molecule has 0 saturated carbocycles. The number of hydrogen-bond donors (Lipinski definition) is 2. The molecule has 3 aliphatic rings. The predicted octanol–water partition coefficient (Wildman–Crippen LogP) is 5.25. The van der Waals surface area contributed by atoms with Crippen molar-refractivity contribution in [3.05, 3.63) is 48.2 Å². The number of carbonyl (C=O) groups is 5. The largest absolute Gasteiger partial charge is 0.509 e. The fourth-order valence-electron chi connectivity index (χ4n) is 8.80. The number of esters is 1. The number of carbonyl (C=O) groups excluding carboxylic acids is 5. The fourth-order valence-corrected chi connectivity index (χ4v) is 8.80. The summed E-state index contributed by atoms with van der Waals surface area (Å²) in [5.41, 5.74) is -1.56. The van der Waals surface area contributed by atoms with Gasteiger partial charge in [0.15, 0.2) is 17.7 Å². The number of cyclic esters (lactones) is 1. The Morgan fingerprint density at radius 1 is 1.05 bits per heavy atom. The molecule has 1 aromatic heterocycles. The van der Waals surface area contributed by atoms with Crippen LogP contribution in [0.3, 0.4) is 0 Å². The summed E-state index contributed by atoms with van der Waals surface area (Å²) in [6.07, 6.45) is -1.45. The van der Waals surface area contributed by atoms with E-state index in [4.69, 9.17) is 28.4 Å². The Morgan fingerprint density at radius 3 is 2.47 bits per heavy atom. The van der Waals surface area contributed by atoms with Crippen LogP contribution in [-0.4, -0.2) is 119 Å². The molecule has 2 N–H and O–H groups in total. The lowest BCUT2D eigenvalue weighted by molar-refractivity contribution is -0.293. The van der Waals surface area contributed by atoms with Gasteiger partial charge in [-0.3, -0.25) is 19.4 Å². The molecule has 318 valence electrons. The average molecular weight is 810 g/mol. The Labute approximate surface area is 340 Å². The summed E-state index contributed by atoms with van der Waals surface area (Å²) in [4.78, 5) is 75.2. The number of pyridine rings is 1. The molecule has 0 radical (unpaired) electrons. The van der Waals surface area contributed by atoms with Gasteiger partial charge >= 0.3 is 18.2 Å². The lowest BCUT2D eigenvalue weighted by Crippen LogP contribution is -2.60. The number of fused-ring (bicyclic) bond motifs is 2. The first-order valence-corrected chi connectivity index (χ1v) is 20.1. The van der Waals surface area contributed by atoms with E-state index in [0.29, 0.717) is 6.42 Å². The van der Waals surface area contributed by atoms with Gasteiger partial charge in [-0.15, -0.1) is 0 Å². The topological polar surface area (TPSA) is 189 Å². The van der Waals surface area contributed by atoms with E-state index in [1.54, 1.807) is 46.0 Å². The van der Waals surface area contributed by atoms with Crippen molar-refractivity contribution in [2.45, 2.75) is 129 Å². The van der Waals surface area contributed by atoms with Gasteiger partial charge in [-0.1, -0.05) is 45.9 Å². The van der Waals surface area contributed by atoms with Crippen LogP contribution in [0.1, 0.15) is 80.2 Å². The lowest BCUT2D eigenvalue weighted by atomic mass is 9.73. The van der Waals surface area contributed by atoms with Gasteiger partial charge in [0.1, 0.15) is 42.2 Å². The second-order valence-corrected chi connectivity index (χ2v) is 16.7. The van der Waals surface area contributed by atoms with Crippen molar-refractivity contribution >= 4 is 46.8 Å². The number of aromatic nitrogens is 1. The van der Waals surface area contributed by atoms with Gasteiger partial charge in [0.05, 0.1) is 17.7 Å². The van der Waals surface area contributed by atoms with Crippen LogP contribution in [0.4, 0.5) is 9.59 Å². The van der Waals surface area contributed by atoms with E-state index in [-0.39, 0.29) is 37.4 Å². The first-order chi connectivity index (χ1) is 27.3. The van der Waals surface area contributed by atoms with Crippen LogP contribution >= 0.6 is 0 Å². The highest BCUT2D eigenvalue weighted by molar-refractivity contribution is 6.00. The maximum absolute atomic E-state index is 14.4. The SMILES string of the molecule is CC[C@H]1OC(=O)[C@H](C)C(=O)[C@H](C)[C@@H](O[C@@H]2O[C@H](C)C[C@H](N(C)C)[C@H]2O)[C@](C)(OC(=O)OC/C=C/c2ccc3ncccc3c2)C[C@@H](C)C(=O)[C@H](C)[C@H]2NC(=O)O[C@@]21C. The van der Waals surface area contributed by atoms with Crippen molar-refractivity contribution in [1.82, 2.24) is 15.2 Å². The molecular weight excluding hydrogens is 750 g/mol. The number of nitrogens with zero attached hydrogens (tertiary/aromatic N) is 2. The molecule has 4 heterocycles. The number of likely N-dealkylation sites (N-methyl/N-ethyl adjacent to an activating group) is 1. The Kier molecular flexibility index (Phi) is 14.0. The van der Waals surface area contributed by atoms with Gasteiger partial charge in [0, 0.05) is 35.4 Å². The summed E-state index contributed by atoms with van der Waals surface area (Å²) in [6.45, 7) is 12.8. The second kappa shape index (κ2) is 18.2. The zero-order valence-electron chi connectivity index (χ0n) is 35.1. The minimum absolute atomic E-state index is 0.181. The highest BCUT2D eigenvalue weighted by Crippen LogP contribution is 2.40. The molecule has 0 aliphatic carbocycles. The maximum atomic E-state index is 14.4. The van der Waals surface area contributed by atoms with Crippen LogP contribution in [-0.2, 0) is 42.8 Å². The Hall–Kier alpha value is -4.44. The standard InChI is InChI=1S/C43H59N3O12/c1-11-32-43(8)36(45-40(51)57-43)25(4)33(47)23(2)22-42(7,58-41(52)53-19-13-14-28-16-17-30-29(21-28)15-12-18-44-30)37(26(5)34(48)27(6)38(50)55-32)56-39-35(49)31(46(9)10)20-24(3)54-39/h12-18,21,23-27,31-32,35-37,39,49H,11,19-20,22H2,1-10H3,(H,45,51)/b14-13+/t23-,24-,25+,26+,27-,31+,32-,35-,36-,37-,39+,42-,43-/m1/s1. The molecule has 0 spiro atoms. The number of alkyl carbamates (subject to hydrolysis) is 1. The Balaban J connectivity index is 1.51. The molecule has 15 heteroatoms. The van der Waals surface area contributed by atoms with Crippen LogP contribution in [0.15, 0.2) is 42.6 Å². The van der Waals surface area contributed by atoms with Crippen molar-refractivity contribution in [2.75, 3.05) is 20.7 Å². The van der Waals surface area contributed by atoms with Crippen LogP contribution in [0.5, 0.6) is 0 Å². The predicted molar refractivity (Wildman–Crippen MR) is 212 cm³/mol. The van der Waals surface area contributed by atoms with E-state index in [2.05, 4.69) is 10.3 Å². The number of nitrogens with one attached hydrogen (secondary N) is 1. The number of amides is 1. The molecule has 5 rings (SSSR count). The van der Waals surface area contributed by atoms with E-state index in [0.717, 1.165) is 16.5 Å².